The molecule has 5 nitrogen and oxygen atoms in total. The Hall–Kier alpha value is -1.52. The van der Waals surface area contributed by atoms with Crippen LogP contribution < -0.4 is 4.84 Å². The van der Waals surface area contributed by atoms with Gasteiger partial charge in [0.05, 0.1) is 6.20 Å². The summed E-state index contributed by atoms with van der Waals surface area (Å²) in [6.07, 6.45) is 1.71. The van der Waals surface area contributed by atoms with Gasteiger partial charge in [-0.1, -0.05) is 13.8 Å². The molecular formula is C9H14N4O. The van der Waals surface area contributed by atoms with Gasteiger partial charge in [-0.15, -0.1) is 14.5 Å². The van der Waals surface area contributed by atoms with Gasteiger partial charge < -0.3 is 4.84 Å². The van der Waals surface area contributed by atoms with Crippen molar-refractivity contribution in [3.8, 4) is 0 Å². The molecule has 0 amide bonds. The third-order valence-electron chi connectivity index (χ3n) is 1.99. The molecule has 2 heterocycles. The Labute approximate surface area is 82.2 Å². The van der Waals surface area contributed by atoms with Gasteiger partial charge in [-0.2, -0.15) is 5.10 Å². The molecule has 0 aliphatic carbocycles. The van der Waals surface area contributed by atoms with Crippen LogP contribution in [0, 0.1) is 0 Å². The lowest BCUT2D eigenvalue weighted by molar-refractivity contribution is 0.121. The third-order valence-corrected chi connectivity index (χ3v) is 1.99. The zero-order chi connectivity index (χ0) is 10.1. The number of aromatic nitrogens is 4. The van der Waals surface area contributed by atoms with Crippen molar-refractivity contribution < 1.29 is 4.84 Å². The summed E-state index contributed by atoms with van der Waals surface area (Å²) < 4.78 is 3.34. The van der Waals surface area contributed by atoms with E-state index in [0.29, 0.717) is 12.5 Å². The molecule has 0 saturated heterocycles. The molecule has 0 saturated carbocycles. The number of hydrogen-bond donors (Lipinski definition) is 0. The highest BCUT2D eigenvalue weighted by atomic mass is 16.7. The predicted octanol–water partition coefficient (Wildman–Crippen LogP) is 1.10. The van der Waals surface area contributed by atoms with Gasteiger partial charge in [0.2, 0.25) is 0 Å². The maximum atomic E-state index is 5.50. The standard InChI is InChI=1S/C9H14N4O/c1-4-14-12-8-5-6-10-13(8)11-9(12)7(2)3/h5-7H,4H2,1-3H3. The van der Waals surface area contributed by atoms with Gasteiger partial charge in [0.15, 0.2) is 11.5 Å². The van der Waals surface area contributed by atoms with Crippen molar-refractivity contribution in [2.45, 2.75) is 26.7 Å². The van der Waals surface area contributed by atoms with E-state index in [1.54, 1.807) is 15.6 Å². The van der Waals surface area contributed by atoms with Gasteiger partial charge in [-0.25, -0.2) is 0 Å². The van der Waals surface area contributed by atoms with Crippen LogP contribution in [-0.4, -0.2) is 26.2 Å². The molecule has 2 aromatic heterocycles. The summed E-state index contributed by atoms with van der Waals surface area (Å²) in [5.74, 6) is 1.22. The molecule has 0 radical (unpaired) electrons. The molecule has 0 N–H and O–H groups in total. The Morgan fingerprint density at radius 2 is 2.29 bits per heavy atom. The van der Waals surface area contributed by atoms with Crippen LogP contribution in [0.5, 0.6) is 0 Å². The number of rotatable bonds is 3. The van der Waals surface area contributed by atoms with E-state index in [0.717, 1.165) is 11.5 Å². The normalized spacial score (nSPS) is 11.4. The molecule has 0 bridgehead atoms. The summed E-state index contributed by atoms with van der Waals surface area (Å²) in [4.78, 5) is 5.50. The van der Waals surface area contributed by atoms with Crippen molar-refractivity contribution in [2.75, 3.05) is 6.61 Å². The van der Waals surface area contributed by atoms with Crippen LogP contribution in [0.2, 0.25) is 0 Å². The molecular weight excluding hydrogens is 180 g/mol. The largest absolute Gasteiger partial charge is 0.411 e. The van der Waals surface area contributed by atoms with Gasteiger partial charge in [-0.05, 0) is 6.92 Å². The van der Waals surface area contributed by atoms with Gasteiger partial charge in [0.25, 0.3) is 0 Å². The second kappa shape index (κ2) is 3.32. The van der Waals surface area contributed by atoms with E-state index in [1.807, 2.05) is 13.0 Å². The Balaban J connectivity index is 2.57. The van der Waals surface area contributed by atoms with Crippen molar-refractivity contribution in [1.82, 2.24) is 19.6 Å². The molecule has 0 spiro atoms. The lowest BCUT2D eigenvalue weighted by atomic mass is 10.2. The van der Waals surface area contributed by atoms with Gasteiger partial charge in [0.1, 0.15) is 6.61 Å². The first-order valence-electron chi connectivity index (χ1n) is 4.80. The molecule has 14 heavy (non-hydrogen) atoms. The van der Waals surface area contributed by atoms with Crippen LogP contribution in [0.1, 0.15) is 32.5 Å². The van der Waals surface area contributed by atoms with Crippen LogP contribution in [0.3, 0.4) is 0 Å². The summed E-state index contributed by atoms with van der Waals surface area (Å²) in [6.45, 7) is 6.74. The van der Waals surface area contributed by atoms with Gasteiger partial charge in [0, 0.05) is 12.0 Å². The lowest BCUT2D eigenvalue weighted by Gasteiger charge is -2.08. The molecule has 0 unspecified atom stereocenters. The highest BCUT2D eigenvalue weighted by Crippen LogP contribution is 2.14. The molecule has 76 valence electrons. The quantitative estimate of drug-likeness (QED) is 0.735. The van der Waals surface area contributed by atoms with E-state index in [4.69, 9.17) is 4.84 Å². The van der Waals surface area contributed by atoms with Crippen LogP contribution in [0.4, 0.5) is 0 Å². The third kappa shape index (κ3) is 1.25. The average molecular weight is 194 g/mol. The highest BCUT2D eigenvalue weighted by molar-refractivity contribution is 5.36. The smallest absolute Gasteiger partial charge is 0.193 e. The minimum Gasteiger partial charge on any atom is -0.411 e. The molecule has 5 heteroatoms. The van der Waals surface area contributed by atoms with Crippen LogP contribution in [0.15, 0.2) is 12.3 Å². The summed E-state index contributed by atoms with van der Waals surface area (Å²) in [5, 5.41) is 8.40. The minimum atomic E-state index is 0.322. The van der Waals surface area contributed by atoms with Crippen molar-refractivity contribution in [3.63, 3.8) is 0 Å². The second-order valence-electron chi connectivity index (χ2n) is 3.40. The van der Waals surface area contributed by atoms with E-state index in [9.17, 15) is 0 Å². The fourth-order valence-electron chi connectivity index (χ4n) is 1.38. The molecule has 0 aliphatic heterocycles. The molecule has 2 rings (SSSR count). The summed E-state index contributed by atoms with van der Waals surface area (Å²) >= 11 is 0. The molecule has 0 fully saturated rings. The van der Waals surface area contributed by atoms with E-state index < -0.39 is 0 Å². The van der Waals surface area contributed by atoms with Crippen LogP contribution in [0.25, 0.3) is 5.65 Å². The topological polar surface area (TPSA) is 44.4 Å². The Bertz CT molecular complexity index is 429. The Morgan fingerprint density at radius 3 is 2.93 bits per heavy atom. The lowest BCUT2D eigenvalue weighted by Crippen LogP contribution is -2.14. The molecule has 0 aliphatic rings. The summed E-state index contributed by atoms with van der Waals surface area (Å²) in [7, 11) is 0. The van der Waals surface area contributed by atoms with E-state index in [2.05, 4.69) is 24.0 Å². The molecule has 0 atom stereocenters. The predicted molar refractivity (Wildman–Crippen MR) is 52.2 cm³/mol. The number of fused-ring (bicyclic) bond motifs is 1. The fraction of sp³-hybridized carbons (Fsp3) is 0.556. The monoisotopic (exact) mass is 194 g/mol. The van der Waals surface area contributed by atoms with E-state index in [-0.39, 0.29) is 0 Å². The molecule has 0 aromatic carbocycles. The first kappa shape index (κ1) is 9.05. The van der Waals surface area contributed by atoms with Crippen molar-refractivity contribution in [1.29, 1.82) is 0 Å². The van der Waals surface area contributed by atoms with Crippen molar-refractivity contribution >= 4 is 5.65 Å². The maximum absolute atomic E-state index is 5.50. The SMILES string of the molecule is CCOn1c(C(C)C)nn2nccc12. The number of hydrogen-bond acceptors (Lipinski definition) is 3. The fourth-order valence-corrected chi connectivity index (χ4v) is 1.38. The van der Waals surface area contributed by atoms with E-state index >= 15 is 0 Å². The first-order valence-corrected chi connectivity index (χ1v) is 4.80. The van der Waals surface area contributed by atoms with Crippen molar-refractivity contribution in [2.24, 2.45) is 0 Å². The Kier molecular flexibility index (Phi) is 2.15. The van der Waals surface area contributed by atoms with Gasteiger partial charge in [-0.3, -0.25) is 0 Å². The highest BCUT2D eigenvalue weighted by Gasteiger charge is 2.14. The Morgan fingerprint density at radius 1 is 1.50 bits per heavy atom. The average Bonchev–Trinajstić information content (AvgIpc) is 2.67. The van der Waals surface area contributed by atoms with Crippen molar-refractivity contribution in [3.05, 3.63) is 18.1 Å². The zero-order valence-electron chi connectivity index (χ0n) is 8.64. The first-order chi connectivity index (χ1) is 6.74. The van der Waals surface area contributed by atoms with Gasteiger partial charge >= 0.3 is 0 Å². The second-order valence-corrected chi connectivity index (χ2v) is 3.40. The zero-order valence-corrected chi connectivity index (χ0v) is 8.64. The van der Waals surface area contributed by atoms with Crippen LogP contribution in [-0.2, 0) is 0 Å². The summed E-state index contributed by atoms with van der Waals surface area (Å²) in [5.41, 5.74) is 0.871. The van der Waals surface area contributed by atoms with Crippen LogP contribution >= 0.6 is 0 Å². The van der Waals surface area contributed by atoms with E-state index in [1.165, 1.54) is 0 Å². The summed E-state index contributed by atoms with van der Waals surface area (Å²) in [6, 6.07) is 1.88. The minimum absolute atomic E-state index is 0.322. The number of nitrogens with zero attached hydrogens (tertiary/aromatic N) is 4. The maximum Gasteiger partial charge on any atom is 0.193 e. The molecule has 2 aromatic rings.